The van der Waals surface area contributed by atoms with Crippen LogP contribution in [0.15, 0.2) is 6.20 Å². The fourth-order valence-electron chi connectivity index (χ4n) is 1.23. The van der Waals surface area contributed by atoms with Crippen molar-refractivity contribution in [3.05, 3.63) is 21.9 Å². The number of rotatable bonds is 1. The van der Waals surface area contributed by atoms with Crippen LogP contribution in [0.2, 0.25) is 0 Å². The third-order valence-corrected chi connectivity index (χ3v) is 3.91. The molecule has 0 aliphatic carbocycles. The van der Waals surface area contributed by atoms with Crippen LogP contribution in [0, 0.1) is 20.8 Å². The van der Waals surface area contributed by atoms with Gasteiger partial charge in [0.2, 0.25) is 0 Å². The van der Waals surface area contributed by atoms with Gasteiger partial charge in [-0.2, -0.15) is 0 Å². The number of hydrogen-bond donors (Lipinski definition) is 0. The molecule has 0 aliphatic heterocycles. The lowest BCUT2D eigenvalue weighted by atomic mass is 10.3. The summed E-state index contributed by atoms with van der Waals surface area (Å²) in [6, 6.07) is 0. The first kappa shape index (κ1) is 8.84. The predicted octanol–water partition coefficient (Wildman–Crippen LogP) is 3.19. The van der Waals surface area contributed by atoms with Crippen molar-refractivity contribution in [3.8, 4) is 9.75 Å². The van der Waals surface area contributed by atoms with Gasteiger partial charge in [0.15, 0.2) is 0 Å². The summed E-state index contributed by atoms with van der Waals surface area (Å²) in [6.07, 6.45) is 1.93. The summed E-state index contributed by atoms with van der Waals surface area (Å²) in [5.41, 5.74) is 1.12. The van der Waals surface area contributed by atoms with E-state index in [1.165, 1.54) is 9.75 Å². The summed E-state index contributed by atoms with van der Waals surface area (Å²) < 4.78 is 0. The van der Waals surface area contributed by atoms with Crippen LogP contribution >= 0.6 is 22.7 Å². The Balaban J connectivity index is 2.51. The van der Waals surface area contributed by atoms with Crippen LogP contribution in [0.25, 0.3) is 9.75 Å². The molecule has 0 radical (unpaired) electrons. The average Bonchev–Trinajstić information content (AvgIpc) is 2.58. The Hall–Kier alpha value is -0.740. The van der Waals surface area contributed by atoms with Crippen molar-refractivity contribution < 1.29 is 0 Å². The van der Waals surface area contributed by atoms with Crippen LogP contribution < -0.4 is 0 Å². The molecule has 0 unspecified atom stereocenters. The maximum Gasteiger partial charge on any atom is 0.0904 e. The van der Waals surface area contributed by atoms with E-state index in [0.717, 1.165) is 15.7 Å². The highest BCUT2D eigenvalue weighted by Gasteiger charge is 2.09. The van der Waals surface area contributed by atoms with Crippen molar-refractivity contribution in [1.82, 2.24) is 9.97 Å². The van der Waals surface area contributed by atoms with Gasteiger partial charge in [-0.1, -0.05) is 0 Å². The summed E-state index contributed by atoms with van der Waals surface area (Å²) >= 11 is 3.47. The lowest BCUT2D eigenvalue weighted by molar-refractivity contribution is 1.20. The van der Waals surface area contributed by atoms with E-state index in [-0.39, 0.29) is 0 Å². The lowest BCUT2D eigenvalue weighted by Crippen LogP contribution is -1.73. The Bertz CT molecular complexity index is 429. The highest BCUT2D eigenvalue weighted by Crippen LogP contribution is 2.33. The van der Waals surface area contributed by atoms with Crippen LogP contribution in [0.5, 0.6) is 0 Å². The normalized spacial score (nSPS) is 10.7. The highest BCUT2D eigenvalue weighted by atomic mass is 32.1. The van der Waals surface area contributed by atoms with Crippen molar-refractivity contribution in [1.29, 1.82) is 0 Å². The van der Waals surface area contributed by atoms with E-state index in [1.54, 1.807) is 22.7 Å². The summed E-state index contributed by atoms with van der Waals surface area (Å²) in [7, 11) is 0. The van der Waals surface area contributed by atoms with Gasteiger partial charge in [0.1, 0.15) is 0 Å². The third kappa shape index (κ3) is 1.64. The minimum atomic E-state index is 1.11. The van der Waals surface area contributed by atoms with Crippen molar-refractivity contribution in [2.75, 3.05) is 0 Å². The molecule has 2 heterocycles. The first-order valence-corrected chi connectivity index (χ1v) is 5.67. The topological polar surface area (TPSA) is 25.8 Å². The first-order chi connectivity index (χ1) is 6.16. The SMILES string of the molecule is Cc1ncc(-c2sc(C)nc2C)s1. The molecular formula is C9H10N2S2. The molecule has 4 heteroatoms. The minimum absolute atomic E-state index is 1.11. The summed E-state index contributed by atoms with van der Waals surface area (Å²) in [4.78, 5) is 11.1. The number of aryl methyl sites for hydroxylation is 3. The van der Waals surface area contributed by atoms with Crippen molar-refractivity contribution in [2.24, 2.45) is 0 Å². The third-order valence-electron chi connectivity index (χ3n) is 1.75. The Morgan fingerprint density at radius 1 is 1.08 bits per heavy atom. The zero-order valence-electron chi connectivity index (χ0n) is 7.79. The lowest BCUT2D eigenvalue weighted by Gasteiger charge is -1.89. The maximum absolute atomic E-state index is 4.39. The number of aromatic nitrogens is 2. The first-order valence-electron chi connectivity index (χ1n) is 4.03. The van der Waals surface area contributed by atoms with Gasteiger partial charge >= 0.3 is 0 Å². The minimum Gasteiger partial charge on any atom is -0.249 e. The van der Waals surface area contributed by atoms with E-state index in [9.17, 15) is 0 Å². The van der Waals surface area contributed by atoms with Crippen LogP contribution in [0.3, 0.4) is 0 Å². The van der Waals surface area contributed by atoms with Gasteiger partial charge in [0.25, 0.3) is 0 Å². The molecule has 68 valence electrons. The van der Waals surface area contributed by atoms with Gasteiger partial charge < -0.3 is 0 Å². The number of hydrogen-bond acceptors (Lipinski definition) is 4. The van der Waals surface area contributed by atoms with E-state index < -0.39 is 0 Å². The van der Waals surface area contributed by atoms with E-state index in [4.69, 9.17) is 0 Å². The smallest absolute Gasteiger partial charge is 0.0904 e. The van der Waals surface area contributed by atoms with Crippen LogP contribution in [-0.2, 0) is 0 Å². The standard InChI is InChI=1S/C9H10N2S2/c1-5-9(13-7(3)11-5)8-4-10-6(2)12-8/h4H,1-3H3. The molecule has 0 bridgehead atoms. The molecular weight excluding hydrogens is 200 g/mol. The second-order valence-corrected chi connectivity index (χ2v) is 5.33. The molecule has 0 amide bonds. The Kier molecular flexibility index (Phi) is 2.17. The van der Waals surface area contributed by atoms with E-state index >= 15 is 0 Å². The number of nitrogens with zero attached hydrogens (tertiary/aromatic N) is 2. The van der Waals surface area contributed by atoms with Gasteiger partial charge in [-0.15, -0.1) is 22.7 Å². The van der Waals surface area contributed by atoms with Crippen LogP contribution in [0.1, 0.15) is 15.7 Å². The van der Waals surface area contributed by atoms with Crippen LogP contribution in [0.4, 0.5) is 0 Å². The largest absolute Gasteiger partial charge is 0.249 e. The molecule has 0 N–H and O–H groups in total. The van der Waals surface area contributed by atoms with Gasteiger partial charge in [0, 0.05) is 6.20 Å². The summed E-state index contributed by atoms with van der Waals surface area (Å²) in [6.45, 7) is 6.11. The molecule has 0 aromatic carbocycles. The molecule has 0 spiro atoms. The van der Waals surface area contributed by atoms with Crippen molar-refractivity contribution in [3.63, 3.8) is 0 Å². The molecule has 2 nitrogen and oxygen atoms in total. The second kappa shape index (κ2) is 3.20. The predicted molar refractivity (Wildman–Crippen MR) is 57.4 cm³/mol. The van der Waals surface area contributed by atoms with Gasteiger partial charge in [-0.25, -0.2) is 9.97 Å². The average molecular weight is 210 g/mol. The molecule has 0 aliphatic rings. The van der Waals surface area contributed by atoms with E-state index in [0.29, 0.717) is 0 Å². The molecule has 2 rings (SSSR count). The Morgan fingerprint density at radius 3 is 2.31 bits per heavy atom. The Labute approximate surface area is 85.3 Å². The highest BCUT2D eigenvalue weighted by molar-refractivity contribution is 7.21. The van der Waals surface area contributed by atoms with Gasteiger partial charge in [0.05, 0.1) is 25.5 Å². The fraction of sp³-hybridized carbons (Fsp3) is 0.333. The van der Waals surface area contributed by atoms with E-state index in [1.807, 2.05) is 27.0 Å². The van der Waals surface area contributed by atoms with E-state index in [2.05, 4.69) is 9.97 Å². The molecule has 0 fully saturated rings. The van der Waals surface area contributed by atoms with Gasteiger partial charge in [-0.05, 0) is 20.8 Å². The maximum atomic E-state index is 4.39. The van der Waals surface area contributed by atoms with Crippen molar-refractivity contribution in [2.45, 2.75) is 20.8 Å². The van der Waals surface area contributed by atoms with Gasteiger partial charge in [-0.3, -0.25) is 0 Å². The molecule has 13 heavy (non-hydrogen) atoms. The molecule has 2 aromatic rings. The zero-order valence-corrected chi connectivity index (χ0v) is 9.42. The second-order valence-electron chi connectivity index (χ2n) is 2.89. The summed E-state index contributed by atoms with van der Waals surface area (Å²) in [5.74, 6) is 0. The number of thiazole rings is 2. The zero-order chi connectivity index (χ0) is 9.42. The van der Waals surface area contributed by atoms with Crippen molar-refractivity contribution >= 4 is 22.7 Å². The summed E-state index contributed by atoms with van der Waals surface area (Å²) in [5, 5.41) is 2.24. The molecule has 0 saturated heterocycles. The molecule has 0 saturated carbocycles. The quantitative estimate of drug-likeness (QED) is 0.722. The fourth-order valence-corrected chi connectivity index (χ4v) is 3.07. The molecule has 2 aromatic heterocycles. The van der Waals surface area contributed by atoms with Crippen LogP contribution in [-0.4, -0.2) is 9.97 Å². The monoisotopic (exact) mass is 210 g/mol. The molecule has 0 atom stereocenters. The Morgan fingerprint density at radius 2 is 1.85 bits per heavy atom.